The number of ether oxygens (including phenoxy) is 3. The Morgan fingerprint density at radius 2 is 1.73 bits per heavy atom. The number of rotatable bonds is 13. The van der Waals surface area contributed by atoms with E-state index in [4.69, 9.17) is 14.2 Å². The highest BCUT2D eigenvalue weighted by molar-refractivity contribution is 5.47. The molecule has 0 bridgehead atoms. The fourth-order valence-electron chi connectivity index (χ4n) is 4.31. The minimum Gasteiger partial charge on any atom is -0.493 e. The van der Waals surface area contributed by atoms with Gasteiger partial charge in [-0.05, 0) is 62.0 Å². The Hall–Kier alpha value is -2.59. The molecule has 0 saturated carbocycles. The summed E-state index contributed by atoms with van der Waals surface area (Å²) in [7, 11) is 6.82. The Morgan fingerprint density at radius 1 is 1.03 bits per heavy atom. The monoisotopic (exact) mass is 454 g/mol. The molecule has 0 aliphatic rings. The third-order valence-corrected chi connectivity index (χ3v) is 6.50. The van der Waals surface area contributed by atoms with Gasteiger partial charge in [0, 0.05) is 19.2 Å². The molecule has 6 heteroatoms. The lowest BCUT2D eigenvalue weighted by molar-refractivity contribution is -0.0775. The van der Waals surface area contributed by atoms with Crippen LogP contribution in [0.1, 0.15) is 49.7 Å². The van der Waals surface area contributed by atoms with Crippen molar-refractivity contribution in [3.05, 3.63) is 59.2 Å². The van der Waals surface area contributed by atoms with Crippen LogP contribution in [0, 0.1) is 17.2 Å². The number of nitriles is 1. The number of aliphatic hydroxyl groups excluding tert-OH is 1. The predicted octanol–water partition coefficient (Wildman–Crippen LogP) is 4.71. The van der Waals surface area contributed by atoms with E-state index in [-0.39, 0.29) is 5.92 Å². The number of aliphatic hydroxyl groups is 1. The molecule has 1 N–H and O–H groups in total. The number of methoxy groups -OCH3 is 3. The SMILES string of the molecule is COc1ccc(C(C#N)(CCCN(C)CCc2ccccc2C(O)OC)C(C)C)cc1OC. The minimum atomic E-state index is -0.907. The van der Waals surface area contributed by atoms with E-state index in [0.29, 0.717) is 11.5 Å². The number of nitrogens with zero attached hydrogens (tertiary/aromatic N) is 2. The second-order valence-corrected chi connectivity index (χ2v) is 8.75. The second kappa shape index (κ2) is 12.6. The smallest absolute Gasteiger partial charge is 0.181 e. The van der Waals surface area contributed by atoms with Crippen LogP contribution in [0.15, 0.2) is 42.5 Å². The number of likely N-dealkylation sites (N-methyl/N-ethyl adjacent to an activating group) is 1. The molecular formula is C27H38N2O4. The zero-order chi connectivity index (χ0) is 24.4. The zero-order valence-corrected chi connectivity index (χ0v) is 20.8. The summed E-state index contributed by atoms with van der Waals surface area (Å²) in [5.41, 5.74) is 2.25. The number of hydrogen-bond donors (Lipinski definition) is 1. The highest BCUT2D eigenvalue weighted by atomic mass is 16.6. The first-order valence-corrected chi connectivity index (χ1v) is 11.4. The van der Waals surface area contributed by atoms with Gasteiger partial charge in [0.15, 0.2) is 17.8 Å². The Morgan fingerprint density at radius 3 is 2.33 bits per heavy atom. The lowest BCUT2D eigenvalue weighted by Crippen LogP contribution is -2.32. The maximum atomic E-state index is 10.2. The van der Waals surface area contributed by atoms with E-state index in [1.54, 1.807) is 14.2 Å². The van der Waals surface area contributed by atoms with Gasteiger partial charge >= 0.3 is 0 Å². The normalized spacial score (nSPS) is 14.1. The molecule has 2 rings (SSSR count). The molecule has 2 unspecified atom stereocenters. The molecule has 33 heavy (non-hydrogen) atoms. The summed E-state index contributed by atoms with van der Waals surface area (Å²) in [5.74, 6) is 1.45. The van der Waals surface area contributed by atoms with E-state index in [0.717, 1.165) is 49.0 Å². The van der Waals surface area contributed by atoms with Gasteiger partial charge in [0.2, 0.25) is 0 Å². The summed E-state index contributed by atoms with van der Waals surface area (Å²) in [6, 6.07) is 16.2. The van der Waals surface area contributed by atoms with Gasteiger partial charge in [0.1, 0.15) is 0 Å². The summed E-state index contributed by atoms with van der Waals surface area (Å²) < 4.78 is 15.9. The number of benzene rings is 2. The van der Waals surface area contributed by atoms with Gasteiger partial charge in [-0.2, -0.15) is 5.26 Å². The summed E-state index contributed by atoms with van der Waals surface area (Å²) >= 11 is 0. The first kappa shape index (κ1) is 26.7. The van der Waals surface area contributed by atoms with Crippen LogP contribution in [0.4, 0.5) is 0 Å². The van der Waals surface area contributed by atoms with E-state index >= 15 is 0 Å². The molecule has 0 aromatic heterocycles. The van der Waals surface area contributed by atoms with Crippen LogP contribution >= 0.6 is 0 Å². The zero-order valence-electron chi connectivity index (χ0n) is 20.8. The van der Waals surface area contributed by atoms with Crippen LogP contribution in [0.2, 0.25) is 0 Å². The fraction of sp³-hybridized carbons (Fsp3) is 0.519. The van der Waals surface area contributed by atoms with Gasteiger partial charge in [-0.1, -0.05) is 44.2 Å². The summed E-state index contributed by atoms with van der Waals surface area (Å²) in [6.45, 7) is 5.92. The Bertz CT molecular complexity index is 925. The molecule has 2 aromatic rings. The van der Waals surface area contributed by atoms with Gasteiger partial charge in [-0.3, -0.25) is 0 Å². The molecule has 0 saturated heterocycles. The van der Waals surface area contributed by atoms with E-state index in [2.05, 4.69) is 31.9 Å². The molecule has 0 radical (unpaired) electrons. The third-order valence-electron chi connectivity index (χ3n) is 6.50. The van der Waals surface area contributed by atoms with Crippen molar-refractivity contribution >= 4 is 0 Å². The fourth-order valence-corrected chi connectivity index (χ4v) is 4.31. The molecule has 0 amide bonds. The van der Waals surface area contributed by atoms with Gasteiger partial charge < -0.3 is 24.2 Å². The predicted molar refractivity (Wildman–Crippen MR) is 131 cm³/mol. The van der Waals surface area contributed by atoms with Crippen LogP contribution in [0.25, 0.3) is 0 Å². The third kappa shape index (κ3) is 6.48. The average Bonchev–Trinajstić information content (AvgIpc) is 2.84. The maximum Gasteiger partial charge on any atom is 0.181 e. The van der Waals surface area contributed by atoms with Crippen LogP contribution in [-0.2, 0) is 16.6 Å². The second-order valence-electron chi connectivity index (χ2n) is 8.75. The molecule has 2 atom stereocenters. The highest BCUT2D eigenvalue weighted by Gasteiger charge is 2.36. The van der Waals surface area contributed by atoms with Gasteiger partial charge in [-0.25, -0.2) is 0 Å². The van der Waals surface area contributed by atoms with Crippen molar-refractivity contribution in [2.75, 3.05) is 41.5 Å². The van der Waals surface area contributed by atoms with Crippen LogP contribution in [0.5, 0.6) is 11.5 Å². The molecule has 2 aromatic carbocycles. The molecule has 6 nitrogen and oxygen atoms in total. The largest absolute Gasteiger partial charge is 0.493 e. The van der Waals surface area contributed by atoms with Crippen molar-refractivity contribution in [2.24, 2.45) is 5.92 Å². The number of hydrogen-bond acceptors (Lipinski definition) is 6. The lowest BCUT2D eigenvalue weighted by Gasteiger charge is -2.32. The Labute approximate surface area is 198 Å². The summed E-state index contributed by atoms with van der Waals surface area (Å²) in [5, 5.41) is 20.3. The quantitative estimate of drug-likeness (QED) is 0.442. The summed E-state index contributed by atoms with van der Waals surface area (Å²) in [6.07, 6.45) is 1.55. The van der Waals surface area contributed by atoms with Crippen molar-refractivity contribution in [2.45, 2.75) is 44.8 Å². The van der Waals surface area contributed by atoms with Crippen molar-refractivity contribution < 1.29 is 19.3 Å². The van der Waals surface area contributed by atoms with Crippen LogP contribution < -0.4 is 9.47 Å². The first-order valence-electron chi connectivity index (χ1n) is 11.4. The molecule has 180 valence electrons. The van der Waals surface area contributed by atoms with Gasteiger partial charge in [-0.15, -0.1) is 0 Å². The molecular weight excluding hydrogens is 416 g/mol. The topological polar surface area (TPSA) is 75.0 Å². The van der Waals surface area contributed by atoms with Crippen molar-refractivity contribution in [3.63, 3.8) is 0 Å². The minimum absolute atomic E-state index is 0.147. The first-order chi connectivity index (χ1) is 15.8. The van der Waals surface area contributed by atoms with Gasteiger partial charge in [0.05, 0.1) is 25.7 Å². The van der Waals surface area contributed by atoms with Crippen molar-refractivity contribution in [1.82, 2.24) is 4.90 Å². The standard InChI is InChI=1S/C27H38N2O4/c1-20(2)27(19-28,22-12-13-24(31-4)25(18-22)32-5)15-9-16-29(3)17-14-21-10-7-8-11-23(21)26(30)33-6/h7-8,10-13,18,20,26,30H,9,14-17H2,1-6H3. The Balaban J connectivity index is 2.05. The molecule has 0 fully saturated rings. The average molecular weight is 455 g/mol. The van der Waals surface area contributed by atoms with Crippen molar-refractivity contribution in [1.29, 1.82) is 5.26 Å². The van der Waals surface area contributed by atoms with Gasteiger partial charge in [0.25, 0.3) is 0 Å². The lowest BCUT2D eigenvalue weighted by atomic mass is 9.69. The maximum absolute atomic E-state index is 10.2. The molecule has 0 spiro atoms. The molecule has 0 aliphatic carbocycles. The van der Waals surface area contributed by atoms with Crippen LogP contribution in [-0.4, -0.2) is 51.5 Å². The van der Waals surface area contributed by atoms with Crippen molar-refractivity contribution in [3.8, 4) is 17.6 Å². The molecule has 0 aliphatic heterocycles. The molecule has 0 heterocycles. The van der Waals surface area contributed by atoms with E-state index in [9.17, 15) is 10.4 Å². The van der Waals surface area contributed by atoms with Crippen LogP contribution in [0.3, 0.4) is 0 Å². The summed E-state index contributed by atoms with van der Waals surface area (Å²) in [4.78, 5) is 2.27. The van der Waals surface area contributed by atoms with E-state index in [1.807, 2.05) is 42.5 Å². The van der Waals surface area contributed by atoms with E-state index < -0.39 is 11.7 Å². The Kier molecular flexibility index (Phi) is 10.2. The highest BCUT2D eigenvalue weighted by Crippen LogP contribution is 2.40. The van der Waals surface area contributed by atoms with E-state index in [1.165, 1.54) is 7.11 Å².